The summed E-state index contributed by atoms with van der Waals surface area (Å²) in [6, 6.07) is 9.15. The first-order valence-corrected chi connectivity index (χ1v) is 13.8. The Balaban J connectivity index is 1.44. The number of hydrogen-bond acceptors (Lipinski definition) is 4. The van der Waals surface area contributed by atoms with Crippen molar-refractivity contribution >= 4 is 16.7 Å². The van der Waals surface area contributed by atoms with Crippen LogP contribution in [-0.4, -0.2) is 36.2 Å². The Labute approximate surface area is 217 Å². The summed E-state index contributed by atoms with van der Waals surface area (Å²) in [7, 11) is 1.43. The number of fused-ring (bicyclic) bond motifs is 3. The molecule has 1 aliphatic carbocycles. The van der Waals surface area contributed by atoms with Crippen LogP contribution in [0.2, 0.25) is 0 Å². The molecule has 3 aliphatic rings. The number of carbonyl (C=O) groups is 1. The van der Waals surface area contributed by atoms with Gasteiger partial charge in [-0.25, -0.2) is 0 Å². The second-order valence-electron chi connectivity index (χ2n) is 11.3. The molecule has 1 saturated carbocycles. The molecule has 0 spiro atoms. The third-order valence-corrected chi connectivity index (χ3v) is 9.21. The molecule has 0 amide bonds. The van der Waals surface area contributed by atoms with Gasteiger partial charge in [-0.1, -0.05) is 31.5 Å². The van der Waals surface area contributed by atoms with Gasteiger partial charge in [0.2, 0.25) is 0 Å². The Morgan fingerprint density at radius 3 is 2.27 bits per heavy atom. The molecule has 2 aromatic rings. The van der Waals surface area contributed by atoms with Gasteiger partial charge in [0.05, 0.1) is 19.1 Å². The van der Waals surface area contributed by atoms with Gasteiger partial charge in [0.15, 0.2) is 0 Å². The molecular formula is C30H38F3NO3. The lowest BCUT2D eigenvalue weighted by molar-refractivity contribution is -0.148. The van der Waals surface area contributed by atoms with Crippen molar-refractivity contribution in [1.29, 1.82) is 0 Å². The van der Waals surface area contributed by atoms with Gasteiger partial charge >= 0.3 is 12.1 Å². The highest BCUT2D eigenvalue weighted by atomic mass is 19.4. The van der Waals surface area contributed by atoms with Crippen molar-refractivity contribution < 1.29 is 27.4 Å². The first-order chi connectivity index (χ1) is 17.7. The Kier molecular flexibility index (Phi) is 7.45. The van der Waals surface area contributed by atoms with Crippen molar-refractivity contribution in [2.24, 2.45) is 11.8 Å². The van der Waals surface area contributed by atoms with Crippen molar-refractivity contribution in [2.75, 3.05) is 7.11 Å². The number of hydrogen-bond donors (Lipinski definition) is 0. The van der Waals surface area contributed by atoms with E-state index >= 15 is 0 Å². The lowest BCUT2D eigenvalue weighted by Gasteiger charge is -2.42. The van der Waals surface area contributed by atoms with Crippen LogP contribution in [0.5, 0.6) is 5.75 Å². The second kappa shape index (κ2) is 10.5. The van der Waals surface area contributed by atoms with E-state index in [4.69, 9.17) is 9.47 Å². The van der Waals surface area contributed by atoms with E-state index in [1.807, 2.05) is 6.07 Å². The van der Waals surface area contributed by atoms with Gasteiger partial charge in [0.1, 0.15) is 11.3 Å². The number of rotatable bonds is 6. The topological polar surface area (TPSA) is 38.8 Å². The SMILES string of the molecule is CCC1CCC(Oc2ccc3ccc(C(C)N4C5CCC4CC(C(=O)OC)C5)cc3c2C(F)(F)F)CC1. The molecular weight excluding hydrogens is 479 g/mol. The highest BCUT2D eigenvalue weighted by molar-refractivity contribution is 5.89. The summed E-state index contributed by atoms with van der Waals surface area (Å²) in [6.07, 6.45) is 3.53. The first kappa shape index (κ1) is 26.3. The van der Waals surface area contributed by atoms with Crippen molar-refractivity contribution in [3.05, 3.63) is 41.5 Å². The molecule has 2 aromatic carbocycles. The maximum atomic E-state index is 14.5. The van der Waals surface area contributed by atoms with Crippen molar-refractivity contribution in [1.82, 2.24) is 4.90 Å². The molecule has 2 bridgehead atoms. The summed E-state index contributed by atoms with van der Waals surface area (Å²) in [4.78, 5) is 14.6. The van der Waals surface area contributed by atoms with E-state index in [1.54, 1.807) is 18.2 Å². The highest BCUT2D eigenvalue weighted by Gasteiger charge is 2.45. The standard InChI is InChI=1S/C30H38F3NO3/c1-4-19-5-12-25(13-6-19)37-27-14-9-20-7-8-21(17-26(20)28(27)30(31,32)33)18(2)34-23-10-11-24(34)16-22(15-23)29(35)36-3/h7-9,14,17-19,22-25H,4-6,10-13,15-16H2,1-3H3. The number of alkyl halides is 3. The number of piperidine rings is 1. The van der Waals surface area contributed by atoms with Gasteiger partial charge < -0.3 is 9.47 Å². The molecule has 4 nitrogen and oxygen atoms in total. The van der Waals surface area contributed by atoms with Gasteiger partial charge in [-0.2, -0.15) is 13.2 Å². The van der Waals surface area contributed by atoms with Crippen LogP contribution in [0.1, 0.15) is 88.8 Å². The van der Waals surface area contributed by atoms with Crippen LogP contribution in [0, 0.1) is 11.8 Å². The Bertz CT molecular complexity index is 1110. The monoisotopic (exact) mass is 517 g/mol. The molecule has 7 heteroatoms. The number of esters is 1. The van der Waals surface area contributed by atoms with Crippen LogP contribution < -0.4 is 4.74 Å². The average molecular weight is 518 g/mol. The van der Waals surface area contributed by atoms with E-state index in [0.717, 1.165) is 63.4 Å². The minimum atomic E-state index is -4.52. The van der Waals surface area contributed by atoms with Crippen LogP contribution in [0.25, 0.3) is 10.8 Å². The lowest BCUT2D eigenvalue weighted by Crippen LogP contribution is -2.46. The molecule has 202 valence electrons. The molecule has 0 aromatic heterocycles. The maximum Gasteiger partial charge on any atom is 0.420 e. The lowest BCUT2D eigenvalue weighted by atomic mass is 9.86. The van der Waals surface area contributed by atoms with E-state index in [-0.39, 0.29) is 47.3 Å². The number of methoxy groups -OCH3 is 1. The maximum absolute atomic E-state index is 14.5. The van der Waals surface area contributed by atoms with Crippen molar-refractivity contribution in [2.45, 2.75) is 102 Å². The van der Waals surface area contributed by atoms with Crippen molar-refractivity contribution in [3.63, 3.8) is 0 Å². The molecule has 2 aliphatic heterocycles. The Hall–Kier alpha value is -2.28. The summed E-state index contributed by atoms with van der Waals surface area (Å²) >= 11 is 0. The minimum Gasteiger partial charge on any atom is -0.490 e. The summed E-state index contributed by atoms with van der Waals surface area (Å²) in [6.45, 7) is 4.24. The molecule has 0 N–H and O–H groups in total. The third-order valence-electron chi connectivity index (χ3n) is 9.21. The first-order valence-electron chi connectivity index (χ1n) is 13.8. The van der Waals surface area contributed by atoms with Gasteiger partial charge in [-0.3, -0.25) is 9.69 Å². The fourth-order valence-corrected chi connectivity index (χ4v) is 7.18. The fraction of sp³-hybridized carbons (Fsp3) is 0.633. The molecule has 37 heavy (non-hydrogen) atoms. The Morgan fingerprint density at radius 1 is 1.03 bits per heavy atom. The average Bonchev–Trinajstić information content (AvgIpc) is 3.15. The minimum absolute atomic E-state index is 0.0459. The highest BCUT2D eigenvalue weighted by Crippen LogP contribution is 2.46. The smallest absolute Gasteiger partial charge is 0.420 e. The predicted octanol–water partition coefficient (Wildman–Crippen LogP) is 7.68. The van der Waals surface area contributed by atoms with Gasteiger partial charge in [-0.15, -0.1) is 0 Å². The van der Waals surface area contributed by atoms with Gasteiger partial charge in [-0.05, 0) is 92.7 Å². The molecule has 5 rings (SSSR count). The molecule has 2 heterocycles. The van der Waals surface area contributed by atoms with Crippen LogP contribution >= 0.6 is 0 Å². The third kappa shape index (κ3) is 5.21. The number of ether oxygens (including phenoxy) is 2. The fourth-order valence-electron chi connectivity index (χ4n) is 7.18. The van der Waals surface area contributed by atoms with E-state index in [1.165, 1.54) is 13.2 Å². The summed E-state index contributed by atoms with van der Waals surface area (Å²) in [5.74, 6) is 0.353. The predicted molar refractivity (Wildman–Crippen MR) is 137 cm³/mol. The molecule has 3 unspecified atom stereocenters. The quantitative estimate of drug-likeness (QED) is 0.368. The van der Waals surface area contributed by atoms with E-state index in [0.29, 0.717) is 11.3 Å². The van der Waals surface area contributed by atoms with E-state index in [9.17, 15) is 18.0 Å². The van der Waals surface area contributed by atoms with Crippen LogP contribution in [-0.2, 0) is 15.7 Å². The van der Waals surface area contributed by atoms with Crippen LogP contribution in [0.15, 0.2) is 30.3 Å². The van der Waals surface area contributed by atoms with Gasteiger partial charge in [0.25, 0.3) is 0 Å². The zero-order valence-corrected chi connectivity index (χ0v) is 22.0. The molecule has 3 fully saturated rings. The summed E-state index contributed by atoms with van der Waals surface area (Å²) < 4.78 is 54.5. The van der Waals surface area contributed by atoms with Crippen molar-refractivity contribution in [3.8, 4) is 5.75 Å². The number of carbonyl (C=O) groups excluding carboxylic acids is 1. The summed E-state index contributed by atoms with van der Waals surface area (Å²) in [5.41, 5.74) is 0.205. The largest absolute Gasteiger partial charge is 0.490 e. The zero-order chi connectivity index (χ0) is 26.3. The van der Waals surface area contributed by atoms with E-state index < -0.39 is 11.7 Å². The number of benzene rings is 2. The summed E-state index contributed by atoms with van der Waals surface area (Å²) in [5, 5.41) is 0.770. The van der Waals surface area contributed by atoms with Crippen LogP contribution in [0.4, 0.5) is 13.2 Å². The molecule has 2 saturated heterocycles. The zero-order valence-electron chi connectivity index (χ0n) is 22.0. The Morgan fingerprint density at radius 2 is 1.68 bits per heavy atom. The second-order valence-corrected chi connectivity index (χ2v) is 11.3. The van der Waals surface area contributed by atoms with E-state index in [2.05, 4.69) is 18.7 Å². The number of nitrogens with zero attached hydrogens (tertiary/aromatic N) is 1. The molecule has 3 atom stereocenters. The molecule has 0 radical (unpaired) electrons. The number of halogens is 3. The van der Waals surface area contributed by atoms with Crippen LogP contribution in [0.3, 0.4) is 0 Å². The normalized spacial score (nSPS) is 29.3. The van der Waals surface area contributed by atoms with Gasteiger partial charge in [0, 0.05) is 18.1 Å².